The number of hydrogen-bond acceptors (Lipinski definition) is 3. The van der Waals surface area contributed by atoms with E-state index in [1.54, 1.807) is 12.1 Å². The van der Waals surface area contributed by atoms with Gasteiger partial charge >= 0.3 is 6.18 Å². The average molecular weight is 334 g/mol. The summed E-state index contributed by atoms with van der Waals surface area (Å²) < 4.78 is 44.0. The lowest BCUT2D eigenvalue weighted by Crippen LogP contribution is -2.12. The zero-order chi connectivity index (χ0) is 17.5. The summed E-state index contributed by atoms with van der Waals surface area (Å²) in [5.74, 6) is 0.524. The quantitative estimate of drug-likeness (QED) is 0.773. The van der Waals surface area contributed by atoms with Crippen molar-refractivity contribution < 1.29 is 17.9 Å². The van der Waals surface area contributed by atoms with Crippen LogP contribution in [0.5, 0.6) is 5.75 Å². The molecule has 3 aromatic rings. The largest absolute Gasteiger partial charge is 0.496 e. The number of H-pyrrole nitrogens is 1. The third kappa shape index (κ3) is 2.73. The number of aromatic amines is 1. The van der Waals surface area contributed by atoms with Crippen LogP contribution in [-0.2, 0) is 6.18 Å². The molecule has 2 aromatic carbocycles. The van der Waals surface area contributed by atoms with E-state index in [-0.39, 0.29) is 5.39 Å². The van der Waals surface area contributed by atoms with E-state index in [9.17, 15) is 18.0 Å². The van der Waals surface area contributed by atoms with Crippen molar-refractivity contribution in [2.45, 2.75) is 13.1 Å². The zero-order valence-electron chi connectivity index (χ0n) is 12.9. The number of methoxy groups -OCH3 is 1. The second kappa shape index (κ2) is 5.67. The number of nitrogens with zero attached hydrogens (tertiary/aromatic N) is 1. The Bertz CT molecular complexity index is 978. The molecule has 0 unspecified atom stereocenters. The van der Waals surface area contributed by atoms with E-state index in [1.165, 1.54) is 13.2 Å². The average Bonchev–Trinajstić information content (AvgIpc) is 2.54. The molecule has 0 saturated carbocycles. The summed E-state index contributed by atoms with van der Waals surface area (Å²) in [5.41, 5.74) is 0.349. The molecule has 0 aliphatic carbocycles. The summed E-state index contributed by atoms with van der Waals surface area (Å²) >= 11 is 0. The molecule has 0 aliphatic heterocycles. The monoisotopic (exact) mass is 334 g/mol. The first kappa shape index (κ1) is 16.0. The molecular weight excluding hydrogens is 321 g/mol. The fraction of sp³-hybridized carbons (Fsp3) is 0.176. The molecule has 0 saturated heterocycles. The minimum Gasteiger partial charge on any atom is -0.496 e. The molecule has 0 bridgehead atoms. The van der Waals surface area contributed by atoms with E-state index in [0.29, 0.717) is 22.4 Å². The Hall–Kier alpha value is -2.83. The van der Waals surface area contributed by atoms with Crippen molar-refractivity contribution in [3.8, 4) is 17.0 Å². The number of halogens is 3. The van der Waals surface area contributed by atoms with Crippen LogP contribution in [0.3, 0.4) is 0 Å². The van der Waals surface area contributed by atoms with Crippen LogP contribution in [0.1, 0.15) is 11.1 Å². The van der Waals surface area contributed by atoms with Gasteiger partial charge in [-0.15, -0.1) is 0 Å². The van der Waals surface area contributed by atoms with Crippen LogP contribution in [-0.4, -0.2) is 17.3 Å². The molecule has 0 amide bonds. The van der Waals surface area contributed by atoms with Gasteiger partial charge in [-0.1, -0.05) is 12.1 Å². The lowest BCUT2D eigenvalue weighted by atomic mass is 10.0. The minimum atomic E-state index is -4.52. The molecule has 7 heteroatoms. The Labute approximate surface area is 134 Å². The second-order valence-electron chi connectivity index (χ2n) is 5.36. The third-order valence-corrected chi connectivity index (χ3v) is 3.73. The topological polar surface area (TPSA) is 55.0 Å². The summed E-state index contributed by atoms with van der Waals surface area (Å²) in [4.78, 5) is 11.9. The predicted octanol–water partition coefficient (Wildman–Crippen LogP) is 3.93. The molecule has 124 valence electrons. The third-order valence-electron chi connectivity index (χ3n) is 3.73. The summed E-state index contributed by atoms with van der Waals surface area (Å²) in [7, 11) is 1.49. The molecule has 0 aliphatic rings. The molecule has 3 rings (SSSR count). The molecule has 0 fully saturated rings. The smallest absolute Gasteiger partial charge is 0.416 e. The molecule has 24 heavy (non-hydrogen) atoms. The Morgan fingerprint density at radius 1 is 1.08 bits per heavy atom. The molecule has 0 radical (unpaired) electrons. The zero-order valence-corrected chi connectivity index (χ0v) is 12.9. The number of ether oxygens (including phenoxy) is 1. The number of nitrogens with one attached hydrogen (secondary N) is 1. The summed E-state index contributed by atoms with van der Waals surface area (Å²) in [6.07, 6.45) is -4.52. The first-order valence-electron chi connectivity index (χ1n) is 7.06. The van der Waals surface area contributed by atoms with Gasteiger partial charge in [-0.2, -0.15) is 18.3 Å². The van der Waals surface area contributed by atoms with Gasteiger partial charge in [0.25, 0.3) is 5.56 Å². The van der Waals surface area contributed by atoms with Crippen molar-refractivity contribution in [3.63, 3.8) is 0 Å². The number of benzene rings is 2. The summed E-state index contributed by atoms with van der Waals surface area (Å²) in [6.45, 7) is 1.89. The van der Waals surface area contributed by atoms with Gasteiger partial charge in [-0.05, 0) is 36.8 Å². The number of aryl methyl sites for hydroxylation is 1. The fourth-order valence-electron chi connectivity index (χ4n) is 2.54. The van der Waals surface area contributed by atoms with Crippen LogP contribution < -0.4 is 10.3 Å². The predicted molar refractivity (Wildman–Crippen MR) is 84.1 cm³/mol. The fourth-order valence-corrected chi connectivity index (χ4v) is 2.54. The highest BCUT2D eigenvalue weighted by Gasteiger charge is 2.31. The molecule has 0 atom stereocenters. The van der Waals surface area contributed by atoms with Crippen LogP contribution in [0.15, 0.2) is 41.2 Å². The lowest BCUT2D eigenvalue weighted by molar-refractivity contribution is -0.137. The highest BCUT2D eigenvalue weighted by Crippen LogP contribution is 2.35. The number of alkyl halides is 3. The minimum absolute atomic E-state index is 0.0718. The molecule has 1 N–H and O–H groups in total. The van der Waals surface area contributed by atoms with Gasteiger partial charge in [0.05, 0.1) is 18.1 Å². The van der Waals surface area contributed by atoms with Crippen molar-refractivity contribution in [3.05, 3.63) is 57.9 Å². The lowest BCUT2D eigenvalue weighted by Gasteiger charge is -2.12. The highest BCUT2D eigenvalue weighted by molar-refractivity contribution is 5.95. The Morgan fingerprint density at radius 3 is 2.50 bits per heavy atom. The Balaban J connectivity index is 2.31. The van der Waals surface area contributed by atoms with E-state index in [0.717, 1.165) is 17.7 Å². The van der Waals surface area contributed by atoms with E-state index in [1.807, 2.05) is 13.0 Å². The van der Waals surface area contributed by atoms with Gasteiger partial charge in [-0.25, -0.2) is 5.10 Å². The van der Waals surface area contributed by atoms with Crippen molar-refractivity contribution in [1.82, 2.24) is 10.2 Å². The Morgan fingerprint density at radius 2 is 1.83 bits per heavy atom. The van der Waals surface area contributed by atoms with Crippen molar-refractivity contribution >= 4 is 10.8 Å². The molecule has 1 aromatic heterocycles. The van der Waals surface area contributed by atoms with Gasteiger partial charge in [0, 0.05) is 10.9 Å². The van der Waals surface area contributed by atoms with Crippen molar-refractivity contribution in [2.24, 2.45) is 0 Å². The maximum Gasteiger partial charge on any atom is 0.416 e. The molecule has 4 nitrogen and oxygen atoms in total. The normalized spacial score (nSPS) is 11.7. The number of fused-ring (bicyclic) bond motifs is 1. The first-order valence-corrected chi connectivity index (χ1v) is 7.06. The van der Waals surface area contributed by atoms with Crippen LogP contribution >= 0.6 is 0 Å². The van der Waals surface area contributed by atoms with Gasteiger partial charge < -0.3 is 4.74 Å². The Kier molecular flexibility index (Phi) is 3.79. The van der Waals surface area contributed by atoms with E-state index < -0.39 is 17.3 Å². The van der Waals surface area contributed by atoms with E-state index in [4.69, 9.17) is 4.74 Å². The van der Waals surface area contributed by atoms with Crippen LogP contribution in [0.25, 0.3) is 22.0 Å². The van der Waals surface area contributed by atoms with Crippen LogP contribution in [0.4, 0.5) is 13.2 Å². The molecular formula is C17H13F3N2O2. The summed E-state index contributed by atoms with van der Waals surface area (Å²) in [6, 6.07) is 8.41. The standard InChI is InChI=1S/C17H13F3N2O2/c1-9-3-5-12(14(7-9)24-2)15-11-6-4-10(17(18,19)20)8-13(11)16(23)22-21-15/h3-8H,1-2H3,(H,22,23). The van der Waals surface area contributed by atoms with Crippen molar-refractivity contribution in [1.29, 1.82) is 0 Å². The second-order valence-corrected chi connectivity index (χ2v) is 5.36. The number of rotatable bonds is 2. The van der Waals surface area contributed by atoms with Crippen LogP contribution in [0.2, 0.25) is 0 Å². The van der Waals surface area contributed by atoms with Crippen molar-refractivity contribution in [2.75, 3.05) is 7.11 Å². The van der Waals surface area contributed by atoms with E-state index in [2.05, 4.69) is 10.2 Å². The van der Waals surface area contributed by atoms with Gasteiger partial charge in [0.15, 0.2) is 0 Å². The summed E-state index contributed by atoms with van der Waals surface area (Å²) in [5, 5.41) is 6.52. The van der Waals surface area contributed by atoms with Crippen LogP contribution in [0, 0.1) is 6.92 Å². The van der Waals surface area contributed by atoms with Gasteiger partial charge in [0.2, 0.25) is 0 Å². The highest BCUT2D eigenvalue weighted by atomic mass is 19.4. The van der Waals surface area contributed by atoms with Gasteiger partial charge in [0.1, 0.15) is 11.4 Å². The maximum absolute atomic E-state index is 12.9. The molecule has 1 heterocycles. The number of aromatic nitrogens is 2. The molecule has 0 spiro atoms. The van der Waals surface area contributed by atoms with Gasteiger partial charge in [-0.3, -0.25) is 4.79 Å². The maximum atomic E-state index is 12.9. The first-order chi connectivity index (χ1) is 11.3. The van der Waals surface area contributed by atoms with E-state index >= 15 is 0 Å². The SMILES string of the molecule is COc1cc(C)ccc1-c1n[nH]c(=O)c2cc(C(F)(F)F)ccc12. The number of hydrogen-bond donors (Lipinski definition) is 1.